The summed E-state index contributed by atoms with van der Waals surface area (Å²) in [6.45, 7) is 4.07. The van der Waals surface area contributed by atoms with Crippen LogP contribution in [0.3, 0.4) is 0 Å². The highest BCUT2D eigenvalue weighted by Crippen LogP contribution is 2.56. The van der Waals surface area contributed by atoms with E-state index >= 15 is 0 Å². The van der Waals surface area contributed by atoms with E-state index in [0.29, 0.717) is 0 Å². The number of amides is 1. The molecule has 2 bridgehead atoms. The molecule has 2 aliphatic heterocycles. The van der Waals surface area contributed by atoms with Crippen molar-refractivity contribution < 1.29 is 9.63 Å². The van der Waals surface area contributed by atoms with Gasteiger partial charge in [-0.25, -0.2) is 5.06 Å². The number of rotatable bonds is 1. The molecule has 0 unspecified atom stereocenters. The summed E-state index contributed by atoms with van der Waals surface area (Å²) < 4.78 is 0. The zero-order valence-corrected chi connectivity index (χ0v) is 11.5. The molecular weight excluding hydrogens is 250 g/mol. The normalized spacial score (nSPS) is 29.8. The number of nitrogens with zero attached hydrogens (tertiary/aromatic N) is 1. The van der Waals surface area contributed by atoms with E-state index in [-0.39, 0.29) is 0 Å². The molecule has 0 saturated heterocycles. The monoisotopic (exact) mass is 265 g/mol. The van der Waals surface area contributed by atoms with Crippen molar-refractivity contribution in [3.8, 4) is 0 Å². The average molecular weight is 265 g/mol. The van der Waals surface area contributed by atoms with Crippen LogP contribution in [0, 0.1) is 0 Å². The lowest BCUT2D eigenvalue weighted by atomic mass is 9.65. The molecule has 1 amide bonds. The molecule has 2 aromatic carbocycles. The molecular formula is C17H15NO2. The van der Waals surface area contributed by atoms with Crippen LogP contribution in [0.5, 0.6) is 0 Å². The minimum Gasteiger partial charge on any atom is -0.276 e. The first-order valence-electron chi connectivity index (χ1n) is 6.76. The van der Waals surface area contributed by atoms with Gasteiger partial charge in [-0.05, 0) is 36.1 Å². The van der Waals surface area contributed by atoms with Gasteiger partial charge in [-0.3, -0.25) is 9.63 Å². The second-order valence-corrected chi connectivity index (χ2v) is 5.72. The van der Waals surface area contributed by atoms with Crippen molar-refractivity contribution in [2.24, 2.45) is 0 Å². The Hall–Kier alpha value is -2.13. The number of hydroxylamine groups is 2. The largest absolute Gasteiger partial charge is 0.276 e. The van der Waals surface area contributed by atoms with Crippen LogP contribution in [-0.4, -0.2) is 11.5 Å². The Morgan fingerprint density at radius 2 is 1.35 bits per heavy atom. The van der Waals surface area contributed by atoms with Gasteiger partial charge in [0, 0.05) is 0 Å². The average Bonchev–Trinajstić information content (AvgIpc) is 2.50. The molecule has 0 N–H and O–H groups in total. The second-order valence-electron chi connectivity index (χ2n) is 5.72. The van der Waals surface area contributed by atoms with Crippen LogP contribution in [0.2, 0.25) is 0 Å². The minimum absolute atomic E-state index is 0.563. The molecule has 1 aliphatic carbocycles. The van der Waals surface area contributed by atoms with Crippen molar-refractivity contribution in [3.63, 3.8) is 0 Å². The van der Waals surface area contributed by atoms with Gasteiger partial charge in [0.2, 0.25) is 6.41 Å². The highest BCUT2D eigenvalue weighted by molar-refractivity contribution is 5.63. The van der Waals surface area contributed by atoms with Crippen molar-refractivity contribution >= 4 is 6.41 Å². The van der Waals surface area contributed by atoms with Crippen LogP contribution < -0.4 is 0 Å². The van der Waals surface area contributed by atoms with Gasteiger partial charge in [-0.1, -0.05) is 48.5 Å². The highest BCUT2D eigenvalue weighted by Gasteiger charge is 2.56. The molecule has 2 heterocycles. The maximum Gasteiger partial charge on any atom is 0.234 e. The standard InChI is InChI=1S/C17H15NO2/c1-16-12-7-3-5-9-14(12)17(2,20-18(16)11-19)15-10-6-4-8-13(15)16/h3-11H,1-2H3. The SMILES string of the molecule is CC12ON(C=O)C(C)(c3ccccc31)c1ccccc12. The summed E-state index contributed by atoms with van der Waals surface area (Å²) in [5.74, 6) is 0. The zero-order valence-electron chi connectivity index (χ0n) is 11.5. The molecule has 0 atom stereocenters. The number of carbonyl (C=O) groups is 1. The molecule has 0 saturated carbocycles. The summed E-state index contributed by atoms with van der Waals surface area (Å²) >= 11 is 0. The molecule has 20 heavy (non-hydrogen) atoms. The Bertz CT molecular complexity index is 675. The van der Waals surface area contributed by atoms with Gasteiger partial charge in [0.25, 0.3) is 0 Å². The van der Waals surface area contributed by atoms with Gasteiger partial charge in [0.1, 0.15) is 11.1 Å². The van der Waals surface area contributed by atoms with Crippen LogP contribution in [0.1, 0.15) is 36.1 Å². The molecule has 3 aliphatic rings. The number of benzene rings is 2. The van der Waals surface area contributed by atoms with Crippen LogP contribution >= 0.6 is 0 Å². The zero-order chi connectivity index (χ0) is 14.0. The van der Waals surface area contributed by atoms with E-state index in [1.165, 1.54) is 5.06 Å². The third-order valence-corrected chi connectivity index (χ3v) is 4.75. The topological polar surface area (TPSA) is 29.5 Å². The Morgan fingerprint density at radius 1 is 0.900 bits per heavy atom. The van der Waals surface area contributed by atoms with Gasteiger partial charge in [-0.15, -0.1) is 0 Å². The van der Waals surface area contributed by atoms with Gasteiger partial charge < -0.3 is 0 Å². The fourth-order valence-corrected chi connectivity index (χ4v) is 3.69. The van der Waals surface area contributed by atoms with Gasteiger partial charge in [-0.2, -0.15) is 0 Å². The molecule has 2 aromatic rings. The second kappa shape index (κ2) is 3.49. The van der Waals surface area contributed by atoms with E-state index in [1.807, 2.05) is 38.1 Å². The fraction of sp³-hybridized carbons (Fsp3) is 0.235. The Labute approximate surface area is 117 Å². The summed E-state index contributed by atoms with van der Waals surface area (Å²) in [6, 6.07) is 16.4. The van der Waals surface area contributed by atoms with E-state index in [0.717, 1.165) is 28.7 Å². The van der Waals surface area contributed by atoms with E-state index in [1.54, 1.807) is 0 Å². The van der Waals surface area contributed by atoms with E-state index in [9.17, 15) is 4.79 Å². The molecule has 5 rings (SSSR count). The number of hydrogen-bond acceptors (Lipinski definition) is 2. The first-order chi connectivity index (χ1) is 9.62. The van der Waals surface area contributed by atoms with Crippen LogP contribution in [0.4, 0.5) is 0 Å². The smallest absolute Gasteiger partial charge is 0.234 e. The Morgan fingerprint density at radius 3 is 1.80 bits per heavy atom. The Balaban J connectivity index is 2.16. The van der Waals surface area contributed by atoms with Crippen LogP contribution in [-0.2, 0) is 20.8 Å². The van der Waals surface area contributed by atoms with E-state index in [4.69, 9.17) is 4.84 Å². The number of hydrogen-bond donors (Lipinski definition) is 0. The first-order valence-corrected chi connectivity index (χ1v) is 6.76. The number of carbonyl (C=O) groups excluding carboxylic acids is 1. The molecule has 0 spiro atoms. The van der Waals surface area contributed by atoms with Gasteiger partial charge >= 0.3 is 0 Å². The maximum absolute atomic E-state index is 11.5. The lowest BCUT2D eigenvalue weighted by Gasteiger charge is -2.56. The highest BCUT2D eigenvalue weighted by atomic mass is 16.7. The van der Waals surface area contributed by atoms with Gasteiger partial charge in [0.05, 0.1) is 0 Å². The first kappa shape index (κ1) is 11.7. The summed E-state index contributed by atoms with van der Waals surface area (Å²) in [7, 11) is 0. The quantitative estimate of drug-likeness (QED) is 0.742. The van der Waals surface area contributed by atoms with Crippen molar-refractivity contribution in [2.75, 3.05) is 0 Å². The van der Waals surface area contributed by atoms with Crippen LogP contribution in [0.25, 0.3) is 0 Å². The lowest BCUT2D eigenvalue weighted by Crippen LogP contribution is -2.59. The molecule has 3 heteroatoms. The predicted molar refractivity (Wildman–Crippen MR) is 74.8 cm³/mol. The van der Waals surface area contributed by atoms with Crippen molar-refractivity contribution in [2.45, 2.75) is 25.0 Å². The third kappa shape index (κ3) is 1.09. The van der Waals surface area contributed by atoms with Gasteiger partial charge in [0.15, 0.2) is 0 Å². The summed E-state index contributed by atoms with van der Waals surface area (Å²) in [5, 5.41) is 1.46. The molecule has 3 nitrogen and oxygen atoms in total. The minimum atomic E-state index is -0.605. The van der Waals surface area contributed by atoms with E-state index < -0.39 is 11.1 Å². The fourth-order valence-electron chi connectivity index (χ4n) is 3.69. The molecule has 100 valence electrons. The van der Waals surface area contributed by atoms with E-state index in [2.05, 4.69) is 24.3 Å². The van der Waals surface area contributed by atoms with Crippen molar-refractivity contribution in [3.05, 3.63) is 70.8 Å². The Kier molecular flexibility index (Phi) is 2.04. The number of fused-ring (bicyclic) bond motifs is 1. The maximum atomic E-state index is 11.5. The van der Waals surface area contributed by atoms with Crippen molar-refractivity contribution in [1.82, 2.24) is 5.06 Å². The van der Waals surface area contributed by atoms with Crippen LogP contribution in [0.15, 0.2) is 48.5 Å². The summed E-state index contributed by atoms with van der Waals surface area (Å²) in [4.78, 5) is 17.6. The third-order valence-electron chi connectivity index (χ3n) is 4.75. The molecule has 0 fully saturated rings. The molecule has 0 radical (unpaired) electrons. The lowest BCUT2D eigenvalue weighted by molar-refractivity contribution is -0.273. The van der Waals surface area contributed by atoms with Crippen molar-refractivity contribution in [1.29, 1.82) is 0 Å². The summed E-state index contributed by atoms with van der Waals surface area (Å²) in [6.07, 6.45) is 0.782. The molecule has 0 aromatic heterocycles. The summed E-state index contributed by atoms with van der Waals surface area (Å²) in [5.41, 5.74) is 3.39. The predicted octanol–water partition coefficient (Wildman–Crippen LogP) is 2.93.